The van der Waals surface area contributed by atoms with Crippen molar-refractivity contribution in [3.05, 3.63) is 0 Å². The normalized spacial score (nSPS) is 10.6. The Balaban J connectivity index is 3.08. The van der Waals surface area contributed by atoms with Crippen molar-refractivity contribution in [1.82, 2.24) is 5.32 Å². The third-order valence-electron chi connectivity index (χ3n) is 2.10. The van der Waals surface area contributed by atoms with Crippen LogP contribution in [0.3, 0.4) is 0 Å². The number of nitrogens with one attached hydrogen (secondary N) is 1. The van der Waals surface area contributed by atoms with Crippen LogP contribution in [-0.2, 0) is 23.7 Å². The van der Waals surface area contributed by atoms with Gasteiger partial charge in [-0.2, -0.15) is 0 Å². The monoisotopic (exact) mass is 263 g/mol. The molecule has 0 fully saturated rings. The molecule has 0 saturated carbocycles. The van der Waals surface area contributed by atoms with Gasteiger partial charge in [0.2, 0.25) is 0 Å². The first-order chi connectivity index (χ1) is 8.81. The highest BCUT2D eigenvalue weighted by Gasteiger charge is 2.01. The van der Waals surface area contributed by atoms with Crippen LogP contribution in [0.2, 0.25) is 0 Å². The van der Waals surface area contributed by atoms with E-state index in [0.29, 0.717) is 46.1 Å². The predicted molar refractivity (Wildman–Crippen MR) is 67.6 cm³/mol. The Morgan fingerprint density at radius 2 is 1.61 bits per heavy atom. The second-order valence-electron chi connectivity index (χ2n) is 3.65. The van der Waals surface area contributed by atoms with Gasteiger partial charge in [-0.15, -0.1) is 0 Å². The van der Waals surface area contributed by atoms with Crippen LogP contribution in [0.5, 0.6) is 0 Å². The van der Waals surface area contributed by atoms with E-state index in [2.05, 4.69) is 5.32 Å². The number of ether oxygens (including phenoxy) is 4. The van der Waals surface area contributed by atoms with Gasteiger partial charge in [0.05, 0.1) is 33.0 Å². The largest absolute Gasteiger partial charge is 0.463 e. The van der Waals surface area contributed by atoms with Crippen molar-refractivity contribution in [2.75, 3.05) is 60.3 Å². The van der Waals surface area contributed by atoms with Gasteiger partial charge >= 0.3 is 5.97 Å². The second kappa shape index (κ2) is 14.4. The van der Waals surface area contributed by atoms with Gasteiger partial charge in [0, 0.05) is 13.5 Å². The number of carbonyl (C=O) groups is 1. The fraction of sp³-hybridized carbons (Fsp3) is 0.917. The van der Waals surface area contributed by atoms with E-state index in [1.807, 2.05) is 7.05 Å². The molecule has 0 spiro atoms. The number of methoxy groups -OCH3 is 1. The molecule has 0 unspecified atom stereocenters. The summed E-state index contributed by atoms with van der Waals surface area (Å²) in [7, 11) is 3.48. The van der Waals surface area contributed by atoms with E-state index < -0.39 is 0 Å². The quantitative estimate of drug-likeness (QED) is 0.378. The highest BCUT2D eigenvalue weighted by molar-refractivity contribution is 5.69. The number of carbonyl (C=O) groups excluding carboxylic acids is 1. The fourth-order valence-corrected chi connectivity index (χ4v) is 1.16. The Bertz CT molecular complexity index is 189. The molecule has 1 N–H and O–H groups in total. The van der Waals surface area contributed by atoms with Crippen molar-refractivity contribution in [2.24, 2.45) is 0 Å². The van der Waals surface area contributed by atoms with Crippen molar-refractivity contribution < 1.29 is 23.7 Å². The maximum Gasteiger partial charge on any atom is 0.305 e. The molecule has 0 aromatic rings. The van der Waals surface area contributed by atoms with Crippen molar-refractivity contribution in [3.63, 3.8) is 0 Å². The summed E-state index contributed by atoms with van der Waals surface area (Å²) in [5, 5.41) is 2.97. The Morgan fingerprint density at radius 1 is 1.00 bits per heavy atom. The predicted octanol–water partition coefficient (Wildman–Crippen LogP) is 0.209. The van der Waals surface area contributed by atoms with Crippen LogP contribution < -0.4 is 5.32 Å². The zero-order valence-electron chi connectivity index (χ0n) is 11.4. The molecule has 108 valence electrons. The van der Waals surface area contributed by atoms with Crippen molar-refractivity contribution in [3.8, 4) is 0 Å². The molecule has 18 heavy (non-hydrogen) atoms. The van der Waals surface area contributed by atoms with E-state index in [0.717, 1.165) is 13.0 Å². The summed E-state index contributed by atoms with van der Waals surface area (Å²) < 4.78 is 20.2. The number of rotatable bonds is 13. The molecule has 0 aliphatic carbocycles. The van der Waals surface area contributed by atoms with E-state index in [1.165, 1.54) is 0 Å². The zero-order chi connectivity index (χ0) is 13.5. The Labute approximate surface area is 109 Å². The van der Waals surface area contributed by atoms with Crippen LogP contribution in [0, 0.1) is 0 Å². The Hall–Kier alpha value is -0.690. The molecule has 0 rings (SSSR count). The van der Waals surface area contributed by atoms with E-state index in [9.17, 15) is 4.79 Å². The lowest BCUT2D eigenvalue weighted by Crippen LogP contribution is -2.15. The van der Waals surface area contributed by atoms with E-state index in [-0.39, 0.29) is 5.97 Å². The van der Waals surface area contributed by atoms with Crippen LogP contribution in [0.15, 0.2) is 0 Å². The Kier molecular flexibility index (Phi) is 13.8. The molecular formula is C12H25NO5. The number of hydrogen-bond donors (Lipinski definition) is 1. The van der Waals surface area contributed by atoms with Gasteiger partial charge in [-0.25, -0.2) is 0 Å². The molecule has 0 aromatic carbocycles. The fourth-order valence-electron chi connectivity index (χ4n) is 1.16. The maximum absolute atomic E-state index is 11.2. The topological polar surface area (TPSA) is 66.0 Å². The lowest BCUT2D eigenvalue weighted by atomic mass is 10.3. The molecule has 0 heterocycles. The minimum atomic E-state index is -0.176. The highest BCUT2D eigenvalue weighted by atomic mass is 16.6. The minimum absolute atomic E-state index is 0.176. The SMILES string of the molecule is CNCCCC(=O)OCCOCCOCCOC. The van der Waals surface area contributed by atoms with Crippen LogP contribution in [-0.4, -0.2) is 66.3 Å². The van der Waals surface area contributed by atoms with Gasteiger partial charge in [0.25, 0.3) is 0 Å². The van der Waals surface area contributed by atoms with E-state index in [4.69, 9.17) is 18.9 Å². The molecule has 0 saturated heterocycles. The molecule has 0 aliphatic heterocycles. The first kappa shape index (κ1) is 17.3. The lowest BCUT2D eigenvalue weighted by molar-refractivity contribution is -0.145. The molecule has 6 heteroatoms. The first-order valence-corrected chi connectivity index (χ1v) is 6.26. The number of esters is 1. The third kappa shape index (κ3) is 13.4. The minimum Gasteiger partial charge on any atom is -0.463 e. The summed E-state index contributed by atoms with van der Waals surface area (Å²) in [6, 6.07) is 0. The molecule has 0 atom stereocenters. The smallest absolute Gasteiger partial charge is 0.305 e. The van der Waals surface area contributed by atoms with Gasteiger partial charge in [0.1, 0.15) is 6.61 Å². The van der Waals surface area contributed by atoms with Crippen LogP contribution in [0.4, 0.5) is 0 Å². The van der Waals surface area contributed by atoms with E-state index >= 15 is 0 Å². The lowest BCUT2D eigenvalue weighted by Gasteiger charge is -2.06. The molecule has 0 radical (unpaired) electrons. The standard InChI is InChI=1S/C12H25NO5/c1-13-5-3-4-12(14)18-11-10-17-9-8-16-7-6-15-2/h13H,3-11H2,1-2H3. The average Bonchev–Trinajstić information content (AvgIpc) is 2.37. The second-order valence-corrected chi connectivity index (χ2v) is 3.65. The highest BCUT2D eigenvalue weighted by Crippen LogP contribution is 1.91. The maximum atomic E-state index is 11.2. The number of hydrogen-bond acceptors (Lipinski definition) is 6. The summed E-state index contributed by atoms with van der Waals surface area (Å²) in [5.74, 6) is -0.176. The molecule has 0 amide bonds. The Morgan fingerprint density at radius 3 is 2.22 bits per heavy atom. The van der Waals surface area contributed by atoms with Crippen molar-refractivity contribution in [2.45, 2.75) is 12.8 Å². The van der Waals surface area contributed by atoms with E-state index in [1.54, 1.807) is 7.11 Å². The van der Waals surface area contributed by atoms with Crippen molar-refractivity contribution >= 4 is 5.97 Å². The van der Waals surface area contributed by atoms with Crippen LogP contribution >= 0.6 is 0 Å². The zero-order valence-corrected chi connectivity index (χ0v) is 11.4. The van der Waals surface area contributed by atoms with Gasteiger partial charge in [-0.05, 0) is 20.0 Å². The van der Waals surface area contributed by atoms with Crippen molar-refractivity contribution in [1.29, 1.82) is 0 Å². The molecule has 6 nitrogen and oxygen atoms in total. The average molecular weight is 263 g/mol. The van der Waals surface area contributed by atoms with Crippen LogP contribution in [0.1, 0.15) is 12.8 Å². The van der Waals surface area contributed by atoms with Gasteiger partial charge in [0.15, 0.2) is 0 Å². The molecule has 0 aromatic heterocycles. The van der Waals surface area contributed by atoms with Gasteiger partial charge in [-0.1, -0.05) is 0 Å². The summed E-state index contributed by atoms with van der Waals surface area (Å²) >= 11 is 0. The third-order valence-corrected chi connectivity index (χ3v) is 2.10. The van der Waals surface area contributed by atoms with Crippen LogP contribution in [0.25, 0.3) is 0 Å². The first-order valence-electron chi connectivity index (χ1n) is 6.26. The summed E-state index contributed by atoms with van der Waals surface area (Å²) in [6.45, 7) is 3.72. The summed E-state index contributed by atoms with van der Waals surface area (Å²) in [4.78, 5) is 11.2. The van der Waals surface area contributed by atoms with Gasteiger partial charge in [-0.3, -0.25) is 4.79 Å². The molecular weight excluding hydrogens is 238 g/mol. The van der Waals surface area contributed by atoms with Gasteiger partial charge < -0.3 is 24.3 Å². The molecule has 0 bridgehead atoms. The summed E-state index contributed by atoms with van der Waals surface area (Å²) in [5.41, 5.74) is 0. The molecule has 0 aliphatic rings. The summed E-state index contributed by atoms with van der Waals surface area (Å²) in [6.07, 6.45) is 1.24.